The fourth-order valence-corrected chi connectivity index (χ4v) is 3.64. The number of hydrogen-bond donors (Lipinski definition) is 3. The van der Waals surface area contributed by atoms with Crippen LogP contribution in [-0.4, -0.2) is 62.2 Å². The molecule has 5 heteroatoms. The van der Waals surface area contributed by atoms with Gasteiger partial charge < -0.3 is 25.4 Å². The highest BCUT2D eigenvalue weighted by atomic mass is 16.5. The lowest BCUT2D eigenvalue weighted by molar-refractivity contribution is -0.0832. The lowest BCUT2D eigenvalue weighted by Crippen LogP contribution is -2.54. The van der Waals surface area contributed by atoms with E-state index >= 15 is 0 Å². The van der Waals surface area contributed by atoms with Gasteiger partial charge in [0.25, 0.3) is 0 Å². The van der Waals surface area contributed by atoms with Gasteiger partial charge in [0.2, 0.25) is 0 Å². The van der Waals surface area contributed by atoms with E-state index in [1.807, 2.05) is 0 Å². The van der Waals surface area contributed by atoms with Crippen molar-refractivity contribution in [3.8, 4) is 0 Å². The van der Waals surface area contributed by atoms with Gasteiger partial charge >= 0.3 is 0 Å². The molecule has 0 radical (unpaired) electrons. The molecule has 0 bridgehead atoms. The van der Waals surface area contributed by atoms with Crippen molar-refractivity contribution in [2.45, 2.75) is 89.9 Å². The van der Waals surface area contributed by atoms with Crippen molar-refractivity contribution < 1.29 is 9.47 Å². The largest absolute Gasteiger partial charge is 0.378 e. The van der Waals surface area contributed by atoms with Crippen LogP contribution in [0.25, 0.3) is 0 Å². The highest BCUT2D eigenvalue weighted by Gasteiger charge is 2.34. The van der Waals surface area contributed by atoms with Crippen molar-refractivity contribution in [2.75, 3.05) is 39.5 Å². The molecule has 5 nitrogen and oxygen atoms in total. The Labute approximate surface area is 161 Å². The fourth-order valence-electron chi connectivity index (χ4n) is 3.64. The molecule has 0 aromatic rings. The zero-order chi connectivity index (χ0) is 19.3. The highest BCUT2D eigenvalue weighted by Crippen LogP contribution is 2.35. The molecule has 1 aliphatic carbocycles. The van der Waals surface area contributed by atoms with E-state index in [1.54, 1.807) is 0 Å². The first-order valence-corrected chi connectivity index (χ1v) is 10.5. The maximum atomic E-state index is 6.43. The SMILES string of the molecule is CC(C)(C)NC[C@H]1CC[C@](C)(OCC(C)(C)NCC2COCCN2)CC1. The molecule has 1 atom stereocenters. The molecule has 2 aliphatic rings. The monoisotopic (exact) mass is 369 g/mol. The van der Waals surface area contributed by atoms with E-state index in [1.165, 1.54) is 12.8 Å². The third kappa shape index (κ3) is 8.22. The first-order valence-electron chi connectivity index (χ1n) is 10.5. The maximum absolute atomic E-state index is 6.43. The maximum Gasteiger partial charge on any atom is 0.0655 e. The summed E-state index contributed by atoms with van der Waals surface area (Å²) in [5.74, 6) is 0.786. The van der Waals surface area contributed by atoms with E-state index in [-0.39, 0.29) is 16.7 Å². The summed E-state index contributed by atoms with van der Waals surface area (Å²) in [6.45, 7) is 18.9. The second kappa shape index (κ2) is 9.33. The molecule has 0 aromatic heterocycles. The smallest absolute Gasteiger partial charge is 0.0655 e. The van der Waals surface area contributed by atoms with Gasteiger partial charge in [-0.2, -0.15) is 0 Å². The van der Waals surface area contributed by atoms with Gasteiger partial charge in [0.05, 0.1) is 25.4 Å². The Kier molecular flexibility index (Phi) is 7.93. The molecule has 1 saturated carbocycles. The van der Waals surface area contributed by atoms with E-state index in [0.29, 0.717) is 6.04 Å². The topological polar surface area (TPSA) is 54.5 Å². The third-order valence-corrected chi connectivity index (χ3v) is 5.69. The van der Waals surface area contributed by atoms with Gasteiger partial charge in [-0.05, 0) is 79.7 Å². The average Bonchev–Trinajstić information content (AvgIpc) is 2.59. The minimum atomic E-state index is -0.0211. The molecule has 1 aliphatic heterocycles. The first kappa shape index (κ1) is 22.1. The summed E-state index contributed by atoms with van der Waals surface area (Å²) in [7, 11) is 0. The van der Waals surface area contributed by atoms with Crippen LogP contribution in [0.3, 0.4) is 0 Å². The Morgan fingerprint density at radius 1 is 1.08 bits per heavy atom. The number of morpholine rings is 1. The molecule has 1 unspecified atom stereocenters. The predicted octanol–water partition coefficient (Wildman–Crippen LogP) is 2.70. The summed E-state index contributed by atoms with van der Waals surface area (Å²) in [4.78, 5) is 0. The van der Waals surface area contributed by atoms with Crippen LogP contribution in [0.2, 0.25) is 0 Å². The molecule has 2 fully saturated rings. The summed E-state index contributed by atoms with van der Waals surface area (Å²) in [5, 5.41) is 10.8. The lowest BCUT2D eigenvalue weighted by Gasteiger charge is -2.40. The van der Waals surface area contributed by atoms with Crippen LogP contribution in [0.15, 0.2) is 0 Å². The minimum absolute atomic E-state index is 0.0211. The van der Waals surface area contributed by atoms with Crippen LogP contribution >= 0.6 is 0 Å². The average molecular weight is 370 g/mol. The van der Waals surface area contributed by atoms with Crippen molar-refractivity contribution in [3.05, 3.63) is 0 Å². The fraction of sp³-hybridized carbons (Fsp3) is 1.00. The number of ether oxygens (including phenoxy) is 2. The summed E-state index contributed by atoms with van der Waals surface area (Å²) in [5.41, 5.74) is 0.224. The molecule has 3 N–H and O–H groups in total. The molecule has 2 rings (SSSR count). The van der Waals surface area contributed by atoms with Crippen LogP contribution < -0.4 is 16.0 Å². The van der Waals surface area contributed by atoms with Gasteiger partial charge in [0.15, 0.2) is 0 Å². The predicted molar refractivity (Wildman–Crippen MR) is 109 cm³/mol. The van der Waals surface area contributed by atoms with Crippen LogP contribution in [0, 0.1) is 5.92 Å². The van der Waals surface area contributed by atoms with E-state index in [4.69, 9.17) is 9.47 Å². The Bertz CT molecular complexity index is 406. The van der Waals surface area contributed by atoms with Gasteiger partial charge in [-0.25, -0.2) is 0 Å². The van der Waals surface area contributed by atoms with E-state index in [9.17, 15) is 0 Å². The van der Waals surface area contributed by atoms with E-state index < -0.39 is 0 Å². The molecule has 0 spiro atoms. The van der Waals surface area contributed by atoms with Crippen molar-refractivity contribution >= 4 is 0 Å². The van der Waals surface area contributed by atoms with Crippen molar-refractivity contribution in [2.24, 2.45) is 5.92 Å². The Morgan fingerprint density at radius 3 is 2.35 bits per heavy atom. The molecule has 0 aromatic carbocycles. The van der Waals surface area contributed by atoms with E-state index in [2.05, 4.69) is 57.5 Å². The Morgan fingerprint density at radius 2 is 1.77 bits per heavy atom. The number of rotatable bonds is 8. The van der Waals surface area contributed by atoms with Crippen molar-refractivity contribution in [3.63, 3.8) is 0 Å². The van der Waals surface area contributed by atoms with Crippen LogP contribution in [0.1, 0.15) is 67.2 Å². The van der Waals surface area contributed by atoms with Crippen LogP contribution in [-0.2, 0) is 9.47 Å². The molecule has 1 saturated heterocycles. The highest BCUT2D eigenvalue weighted by molar-refractivity contribution is 4.88. The Balaban J connectivity index is 1.67. The van der Waals surface area contributed by atoms with Crippen molar-refractivity contribution in [1.29, 1.82) is 0 Å². The normalized spacial score (nSPS) is 31.2. The summed E-state index contributed by atoms with van der Waals surface area (Å²) < 4.78 is 12.0. The zero-order valence-electron chi connectivity index (χ0n) is 18.0. The lowest BCUT2D eigenvalue weighted by atomic mass is 9.79. The van der Waals surface area contributed by atoms with Gasteiger partial charge in [0.1, 0.15) is 0 Å². The standard InChI is InChI=1S/C21H43N3O2/c1-19(2,3)23-13-17-7-9-21(6,10-8-17)26-16-20(4,5)24-14-18-15-25-12-11-22-18/h17-18,22-24H,7-16H2,1-6H3/t17-,18?,21-. The number of hydrogen-bond acceptors (Lipinski definition) is 5. The third-order valence-electron chi connectivity index (χ3n) is 5.69. The zero-order valence-corrected chi connectivity index (χ0v) is 18.0. The summed E-state index contributed by atoms with van der Waals surface area (Å²) in [6, 6.07) is 0.407. The molecular formula is C21H43N3O2. The van der Waals surface area contributed by atoms with Crippen LogP contribution in [0.5, 0.6) is 0 Å². The first-order chi connectivity index (χ1) is 12.1. The van der Waals surface area contributed by atoms with Crippen LogP contribution in [0.4, 0.5) is 0 Å². The summed E-state index contributed by atoms with van der Waals surface area (Å²) in [6.07, 6.45) is 4.85. The molecule has 1 heterocycles. The number of nitrogens with one attached hydrogen (secondary N) is 3. The van der Waals surface area contributed by atoms with Gasteiger partial charge in [-0.15, -0.1) is 0 Å². The molecule has 154 valence electrons. The van der Waals surface area contributed by atoms with Gasteiger partial charge in [-0.3, -0.25) is 0 Å². The Hall–Kier alpha value is -0.200. The van der Waals surface area contributed by atoms with Gasteiger partial charge in [-0.1, -0.05) is 0 Å². The molecular weight excluding hydrogens is 326 g/mol. The quantitative estimate of drug-likeness (QED) is 0.614. The van der Waals surface area contributed by atoms with E-state index in [0.717, 1.165) is 58.2 Å². The summed E-state index contributed by atoms with van der Waals surface area (Å²) >= 11 is 0. The second-order valence-corrected chi connectivity index (χ2v) is 10.3. The molecule has 26 heavy (non-hydrogen) atoms. The minimum Gasteiger partial charge on any atom is -0.378 e. The second-order valence-electron chi connectivity index (χ2n) is 10.3. The molecule has 0 amide bonds. The van der Waals surface area contributed by atoms with Crippen molar-refractivity contribution in [1.82, 2.24) is 16.0 Å². The van der Waals surface area contributed by atoms with Gasteiger partial charge in [0, 0.05) is 30.2 Å².